The molecule has 5 rings (SSSR count). The van der Waals surface area contributed by atoms with E-state index in [4.69, 9.17) is 16.6 Å². The smallest absolute Gasteiger partial charge is 0.239 e. The summed E-state index contributed by atoms with van der Waals surface area (Å²) in [5, 5.41) is 11.2. The zero-order valence-electron chi connectivity index (χ0n) is 17.1. The first-order valence-electron chi connectivity index (χ1n) is 10.3. The van der Waals surface area contributed by atoms with E-state index >= 15 is 0 Å². The molecule has 1 amide bonds. The summed E-state index contributed by atoms with van der Waals surface area (Å²) in [5.74, 6) is 1.64. The predicted octanol–water partition coefficient (Wildman–Crippen LogP) is 5.78. The highest BCUT2D eigenvalue weighted by Crippen LogP contribution is 2.38. The second kappa shape index (κ2) is 9.44. The molecule has 32 heavy (non-hydrogen) atoms. The Balaban J connectivity index is 1.34. The molecule has 0 atom stereocenters. The Labute approximate surface area is 199 Å². The van der Waals surface area contributed by atoms with Gasteiger partial charge in [0.2, 0.25) is 11.1 Å². The van der Waals surface area contributed by atoms with Gasteiger partial charge in [0.15, 0.2) is 5.13 Å². The molecule has 0 spiro atoms. The Morgan fingerprint density at radius 1 is 1.12 bits per heavy atom. The second-order valence-corrected chi connectivity index (χ2v) is 9.77. The summed E-state index contributed by atoms with van der Waals surface area (Å²) < 4.78 is 0. The van der Waals surface area contributed by atoms with Crippen LogP contribution in [0.4, 0.5) is 5.13 Å². The number of halogens is 1. The zero-order chi connectivity index (χ0) is 21.9. The lowest BCUT2D eigenvalue weighted by Crippen LogP contribution is -2.31. The first-order chi connectivity index (χ1) is 15.7. The maximum atomic E-state index is 13.3. The molecule has 9 heteroatoms. The summed E-state index contributed by atoms with van der Waals surface area (Å²) in [6, 6.07) is 17.5. The third kappa shape index (κ3) is 5.03. The molecule has 0 unspecified atom stereocenters. The Kier molecular flexibility index (Phi) is 6.25. The molecule has 2 heterocycles. The number of H-pyrrole nitrogens is 1. The molecule has 1 saturated carbocycles. The summed E-state index contributed by atoms with van der Waals surface area (Å²) in [5.41, 5.74) is 2.83. The van der Waals surface area contributed by atoms with Crippen LogP contribution < -0.4 is 4.90 Å². The van der Waals surface area contributed by atoms with E-state index in [1.807, 2.05) is 60.0 Å². The minimum absolute atomic E-state index is 0.0337. The number of nitrogens with zero attached hydrogens (tertiary/aromatic N) is 4. The lowest BCUT2D eigenvalue weighted by atomic mass is 10.2. The molecule has 1 N–H and O–H groups in total. The molecule has 0 bridgehead atoms. The molecule has 2 aromatic carbocycles. The number of thioether (sulfide) groups is 1. The van der Waals surface area contributed by atoms with Gasteiger partial charge in [-0.05, 0) is 30.5 Å². The van der Waals surface area contributed by atoms with Crippen LogP contribution in [0.15, 0.2) is 65.1 Å². The second-order valence-electron chi connectivity index (χ2n) is 7.55. The Bertz CT molecular complexity index is 1200. The minimum Gasteiger partial charge on any atom is -0.283 e. The molecular formula is C23H20ClN5OS2. The molecule has 6 nitrogen and oxygen atoms in total. The van der Waals surface area contributed by atoms with Crippen LogP contribution in [0.1, 0.15) is 30.1 Å². The molecule has 1 aliphatic carbocycles. The van der Waals surface area contributed by atoms with E-state index in [1.54, 1.807) is 4.90 Å². The fraction of sp³-hybridized carbons (Fsp3) is 0.217. The number of hydrogen-bond acceptors (Lipinski definition) is 6. The van der Waals surface area contributed by atoms with Gasteiger partial charge in [-0.2, -0.15) is 0 Å². The Morgan fingerprint density at radius 2 is 1.91 bits per heavy atom. The average molecular weight is 482 g/mol. The molecule has 1 fully saturated rings. The molecule has 2 aromatic heterocycles. The highest BCUT2D eigenvalue weighted by Gasteiger charge is 2.27. The van der Waals surface area contributed by atoms with Crippen molar-refractivity contribution in [3.05, 3.63) is 76.4 Å². The molecule has 162 valence electrons. The highest BCUT2D eigenvalue weighted by atomic mass is 35.5. The van der Waals surface area contributed by atoms with Crippen molar-refractivity contribution in [2.75, 3.05) is 10.7 Å². The van der Waals surface area contributed by atoms with Gasteiger partial charge in [0.25, 0.3) is 0 Å². The SMILES string of the molecule is O=C(CSc1n[nH]c(C2CC2)n1)N(Cc1ccccc1)c1nc(-c2ccc(Cl)cc2)cs1. The number of benzene rings is 2. The topological polar surface area (TPSA) is 74.8 Å². The average Bonchev–Trinajstić information content (AvgIpc) is 3.36. The van der Waals surface area contributed by atoms with Crippen LogP contribution in [0.25, 0.3) is 11.3 Å². The van der Waals surface area contributed by atoms with E-state index < -0.39 is 0 Å². The summed E-state index contributed by atoms with van der Waals surface area (Å²) in [7, 11) is 0. The van der Waals surface area contributed by atoms with Crippen molar-refractivity contribution in [3.8, 4) is 11.3 Å². The van der Waals surface area contributed by atoms with E-state index in [2.05, 4.69) is 15.2 Å². The lowest BCUT2D eigenvalue weighted by Gasteiger charge is -2.19. The number of nitrogens with one attached hydrogen (secondary N) is 1. The Hall–Kier alpha value is -2.68. The van der Waals surface area contributed by atoms with E-state index in [-0.39, 0.29) is 11.7 Å². The van der Waals surface area contributed by atoms with Crippen LogP contribution in [0.2, 0.25) is 5.02 Å². The van der Waals surface area contributed by atoms with E-state index in [9.17, 15) is 4.79 Å². The normalized spacial score (nSPS) is 13.3. The first kappa shape index (κ1) is 21.2. The monoisotopic (exact) mass is 481 g/mol. The molecule has 1 aliphatic rings. The maximum Gasteiger partial charge on any atom is 0.239 e. The lowest BCUT2D eigenvalue weighted by molar-refractivity contribution is -0.116. The third-order valence-electron chi connectivity index (χ3n) is 5.12. The van der Waals surface area contributed by atoms with Crippen LogP contribution in [0.5, 0.6) is 0 Å². The van der Waals surface area contributed by atoms with Crippen molar-refractivity contribution in [2.24, 2.45) is 0 Å². The van der Waals surface area contributed by atoms with E-state index in [1.165, 1.54) is 23.1 Å². The molecule has 0 radical (unpaired) electrons. The summed E-state index contributed by atoms with van der Waals surface area (Å²) in [6.45, 7) is 0.453. The molecule has 0 saturated heterocycles. The number of aromatic amines is 1. The first-order valence-corrected chi connectivity index (χ1v) is 12.5. The standard InChI is InChI=1S/C23H20ClN5OS2/c24-18-10-8-16(9-11-18)19-13-32-23(25-19)29(12-15-4-2-1-3-5-15)20(30)14-31-22-26-21(27-28-22)17-6-7-17/h1-5,8-11,13,17H,6-7,12,14H2,(H,26,27,28). The van der Waals surface area contributed by atoms with Gasteiger partial charge in [-0.3, -0.25) is 14.8 Å². The van der Waals surface area contributed by atoms with Gasteiger partial charge >= 0.3 is 0 Å². The van der Waals surface area contributed by atoms with Gasteiger partial charge in [-0.25, -0.2) is 9.97 Å². The Morgan fingerprint density at radius 3 is 2.66 bits per heavy atom. The largest absolute Gasteiger partial charge is 0.283 e. The van der Waals surface area contributed by atoms with Crippen LogP contribution in [0, 0.1) is 0 Å². The number of thiazole rings is 1. The number of aromatic nitrogens is 4. The van der Waals surface area contributed by atoms with Crippen molar-refractivity contribution in [1.29, 1.82) is 0 Å². The fourth-order valence-electron chi connectivity index (χ4n) is 3.24. The van der Waals surface area contributed by atoms with Gasteiger partial charge in [0.05, 0.1) is 18.0 Å². The number of anilines is 1. The van der Waals surface area contributed by atoms with Gasteiger partial charge in [0.1, 0.15) is 5.82 Å². The van der Waals surface area contributed by atoms with Gasteiger partial charge < -0.3 is 0 Å². The van der Waals surface area contributed by atoms with Crippen molar-refractivity contribution < 1.29 is 4.79 Å². The summed E-state index contributed by atoms with van der Waals surface area (Å²) >= 11 is 8.82. The van der Waals surface area contributed by atoms with Crippen LogP contribution in [-0.2, 0) is 11.3 Å². The summed E-state index contributed by atoms with van der Waals surface area (Å²) in [6.07, 6.45) is 2.31. The number of amides is 1. The summed E-state index contributed by atoms with van der Waals surface area (Å²) in [4.78, 5) is 24.3. The third-order valence-corrected chi connectivity index (χ3v) is 7.07. The van der Waals surface area contributed by atoms with Crippen molar-refractivity contribution >= 4 is 45.7 Å². The highest BCUT2D eigenvalue weighted by molar-refractivity contribution is 7.99. The van der Waals surface area contributed by atoms with E-state index in [0.717, 1.165) is 35.5 Å². The van der Waals surface area contributed by atoms with Crippen molar-refractivity contribution in [2.45, 2.75) is 30.5 Å². The number of rotatable bonds is 8. The van der Waals surface area contributed by atoms with E-state index in [0.29, 0.717) is 27.8 Å². The van der Waals surface area contributed by atoms with Crippen LogP contribution in [0.3, 0.4) is 0 Å². The van der Waals surface area contributed by atoms with Gasteiger partial charge in [0, 0.05) is 21.9 Å². The predicted molar refractivity (Wildman–Crippen MR) is 129 cm³/mol. The fourth-order valence-corrected chi connectivity index (χ4v) is 4.89. The molecular weight excluding hydrogens is 462 g/mol. The van der Waals surface area contributed by atoms with Crippen LogP contribution in [-0.4, -0.2) is 31.8 Å². The maximum absolute atomic E-state index is 13.3. The minimum atomic E-state index is -0.0337. The quantitative estimate of drug-likeness (QED) is 0.322. The zero-order valence-corrected chi connectivity index (χ0v) is 19.5. The van der Waals surface area contributed by atoms with Gasteiger partial charge in [-0.15, -0.1) is 16.4 Å². The number of carbonyl (C=O) groups excluding carboxylic acids is 1. The number of hydrogen-bond donors (Lipinski definition) is 1. The van der Waals surface area contributed by atoms with Gasteiger partial charge in [-0.1, -0.05) is 65.8 Å². The molecule has 0 aliphatic heterocycles. The number of carbonyl (C=O) groups is 1. The van der Waals surface area contributed by atoms with Crippen LogP contribution >= 0.6 is 34.7 Å². The van der Waals surface area contributed by atoms with Crippen molar-refractivity contribution in [3.63, 3.8) is 0 Å². The molecule has 4 aromatic rings. The van der Waals surface area contributed by atoms with Crippen molar-refractivity contribution in [1.82, 2.24) is 20.2 Å².